The van der Waals surface area contributed by atoms with E-state index >= 15 is 0 Å². The van der Waals surface area contributed by atoms with Crippen LogP contribution in [0.3, 0.4) is 0 Å². The minimum absolute atomic E-state index is 0.0983. The molecule has 2 amide bonds. The van der Waals surface area contributed by atoms with Crippen molar-refractivity contribution in [3.63, 3.8) is 0 Å². The van der Waals surface area contributed by atoms with Gasteiger partial charge in [0.15, 0.2) is 0 Å². The second-order valence-electron chi connectivity index (χ2n) is 6.90. The Kier molecular flexibility index (Phi) is 6.19. The molecule has 1 fully saturated rings. The van der Waals surface area contributed by atoms with Crippen molar-refractivity contribution in [3.05, 3.63) is 65.0 Å². The van der Waals surface area contributed by atoms with Gasteiger partial charge in [-0.25, -0.2) is 0 Å². The maximum atomic E-state index is 12.7. The van der Waals surface area contributed by atoms with Crippen LogP contribution >= 0.6 is 0 Å². The molecule has 0 atom stereocenters. The molecule has 6 heteroatoms. The van der Waals surface area contributed by atoms with E-state index in [2.05, 4.69) is 22.1 Å². The van der Waals surface area contributed by atoms with E-state index in [1.807, 2.05) is 30.0 Å². The second-order valence-corrected chi connectivity index (χ2v) is 6.90. The molecule has 1 aliphatic heterocycles. The van der Waals surface area contributed by atoms with Gasteiger partial charge < -0.3 is 10.2 Å². The number of amides is 2. The summed E-state index contributed by atoms with van der Waals surface area (Å²) in [6.45, 7) is 8.47. The van der Waals surface area contributed by atoms with Gasteiger partial charge in [0.1, 0.15) is 5.69 Å². The quantitative estimate of drug-likeness (QED) is 0.878. The van der Waals surface area contributed by atoms with E-state index in [-0.39, 0.29) is 11.8 Å². The van der Waals surface area contributed by atoms with E-state index in [4.69, 9.17) is 0 Å². The Morgan fingerprint density at radius 1 is 1.04 bits per heavy atom. The SMILES string of the molecule is Cc1ccc(C(=O)N2CCN(CCNC(=O)c3ccccn3)CC2)cc1C. The van der Waals surface area contributed by atoms with Gasteiger partial charge in [0.05, 0.1) is 0 Å². The summed E-state index contributed by atoms with van der Waals surface area (Å²) in [5, 5.41) is 2.89. The van der Waals surface area contributed by atoms with Crippen molar-refractivity contribution in [2.45, 2.75) is 13.8 Å². The maximum Gasteiger partial charge on any atom is 0.269 e. The lowest BCUT2D eigenvalue weighted by atomic mass is 10.1. The number of pyridine rings is 1. The molecule has 142 valence electrons. The monoisotopic (exact) mass is 366 g/mol. The molecule has 0 saturated carbocycles. The summed E-state index contributed by atoms with van der Waals surface area (Å²) in [6, 6.07) is 11.2. The Morgan fingerprint density at radius 3 is 2.48 bits per heavy atom. The summed E-state index contributed by atoms with van der Waals surface area (Å²) in [7, 11) is 0. The van der Waals surface area contributed by atoms with Crippen LogP contribution < -0.4 is 5.32 Å². The van der Waals surface area contributed by atoms with Crippen LogP contribution in [0.1, 0.15) is 32.0 Å². The van der Waals surface area contributed by atoms with Crippen molar-refractivity contribution in [2.75, 3.05) is 39.3 Å². The maximum absolute atomic E-state index is 12.7. The van der Waals surface area contributed by atoms with Gasteiger partial charge in [-0.15, -0.1) is 0 Å². The molecule has 0 spiro atoms. The number of nitrogens with one attached hydrogen (secondary N) is 1. The van der Waals surface area contributed by atoms with Crippen LogP contribution in [0, 0.1) is 13.8 Å². The first-order chi connectivity index (χ1) is 13.0. The van der Waals surface area contributed by atoms with Crippen LogP contribution in [0.2, 0.25) is 0 Å². The van der Waals surface area contributed by atoms with Gasteiger partial charge in [0, 0.05) is 51.0 Å². The predicted octanol–water partition coefficient (Wildman–Crippen LogP) is 1.89. The molecule has 1 aromatic carbocycles. The fourth-order valence-corrected chi connectivity index (χ4v) is 3.15. The zero-order valence-electron chi connectivity index (χ0n) is 15.9. The molecular weight excluding hydrogens is 340 g/mol. The topological polar surface area (TPSA) is 65.5 Å². The summed E-state index contributed by atoms with van der Waals surface area (Å²) in [6.07, 6.45) is 1.61. The summed E-state index contributed by atoms with van der Waals surface area (Å²) in [5.41, 5.74) is 3.53. The van der Waals surface area contributed by atoms with Crippen LogP contribution in [0.4, 0.5) is 0 Å². The fourth-order valence-electron chi connectivity index (χ4n) is 3.15. The normalized spacial score (nSPS) is 14.8. The zero-order valence-corrected chi connectivity index (χ0v) is 15.9. The Bertz CT molecular complexity index is 799. The Balaban J connectivity index is 1.43. The molecule has 1 saturated heterocycles. The highest BCUT2D eigenvalue weighted by Gasteiger charge is 2.22. The summed E-state index contributed by atoms with van der Waals surface area (Å²) in [4.78, 5) is 32.9. The van der Waals surface area contributed by atoms with E-state index in [9.17, 15) is 9.59 Å². The molecule has 3 rings (SSSR count). The molecule has 0 aliphatic carbocycles. The number of aryl methyl sites for hydroxylation is 2. The van der Waals surface area contributed by atoms with Crippen molar-refractivity contribution >= 4 is 11.8 Å². The van der Waals surface area contributed by atoms with Gasteiger partial charge in [0.2, 0.25) is 0 Å². The van der Waals surface area contributed by atoms with E-state index in [0.29, 0.717) is 25.3 Å². The van der Waals surface area contributed by atoms with E-state index < -0.39 is 0 Å². The van der Waals surface area contributed by atoms with Gasteiger partial charge >= 0.3 is 0 Å². The van der Waals surface area contributed by atoms with Crippen LogP contribution in [-0.2, 0) is 0 Å². The standard InChI is InChI=1S/C21H26N4O2/c1-16-6-7-18(15-17(16)2)21(27)25-13-11-24(12-14-25)10-9-23-20(26)19-5-3-4-8-22-19/h3-8,15H,9-14H2,1-2H3,(H,23,26). The third kappa shape index (κ3) is 4.92. The van der Waals surface area contributed by atoms with Crippen molar-refractivity contribution in [1.29, 1.82) is 0 Å². The van der Waals surface area contributed by atoms with Crippen molar-refractivity contribution in [3.8, 4) is 0 Å². The fraction of sp³-hybridized carbons (Fsp3) is 0.381. The number of nitrogens with zero attached hydrogens (tertiary/aromatic N) is 3. The number of hydrogen-bond acceptors (Lipinski definition) is 4. The molecule has 0 bridgehead atoms. The predicted molar refractivity (Wildman–Crippen MR) is 105 cm³/mol. The lowest BCUT2D eigenvalue weighted by Crippen LogP contribution is -2.50. The minimum atomic E-state index is -0.154. The average molecular weight is 366 g/mol. The van der Waals surface area contributed by atoms with Gasteiger partial charge in [-0.1, -0.05) is 12.1 Å². The first-order valence-electron chi connectivity index (χ1n) is 9.33. The summed E-state index contributed by atoms with van der Waals surface area (Å²) in [5.74, 6) is -0.0552. The number of rotatable bonds is 5. The smallest absolute Gasteiger partial charge is 0.269 e. The van der Waals surface area contributed by atoms with Gasteiger partial charge in [-0.05, 0) is 49.2 Å². The van der Waals surface area contributed by atoms with Crippen molar-refractivity contribution in [2.24, 2.45) is 0 Å². The Labute approximate surface area is 160 Å². The number of aromatic nitrogens is 1. The number of benzene rings is 1. The molecule has 1 aliphatic rings. The van der Waals surface area contributed by atoms with Crippen molar-refractivity contribution in [1.82, 2.24) is 20.1 Å². The molecule has 1 aromatic heterocycles. The third-order valence-electron chi connectivity index (χ3n) is 5.02. The largest absolute Gasteiger partial charge is 0.349 e. The van der Waals surface area contributed by atoms with Gasteiger partial charge in [0.25, 0.3) is 11.8 Å². The minimum Gasteiger partial charge on any atom is -0.349 e. The molecule has 27 heavy (non-hydrogen) atoms. The average Bonchev–Trinajstić information content (AvgIpc) is 2.70. The highest BCUT2D eigenvalue weighted by atomic mass is 16.2. The molecule has 0 unspecified atom stereocenters. The summed E-state index contributed by atoms with van der Waals surface area (Å²) < 4.78 is 0. The molecule has 0 radical (unpaired) electrons. The number of carbonyl (C=O) groups excluding carboxylic acids is 2. The molecule has 2 aromatic rings. The Morgan fingerprint density at radius 2 is 1.81 bits per heavy atom. The lowest BCUT2D eigenvalue weighted by molar-refractivity contribution is 0.0638. The second kappa shape index (κ2) is 8.77. The first kappa shape index (κ1) is 19.0. The van der Waals surface area contributed by atoms with Gasteiger partial charge in [-0.2, -0.15) is 0 Å². The van der Waals surface area contributed by atoms with Crippen LogP contribution in [-0.4, -0.2) is 65.9 Å². The van der Waals surface area contributed by atoms with E-state index in [0.717, 1.165) is 30.8 Å². The van der Waals surface area contributed by atoms with Crippen LogP contribution in [0.15, 0.2) is 42.6 Å². The highest BCUT2D eigenvalue weighted by Crippen LogP contribution is 2.13. The van der Waals surface area contributed by atoms with E-state index in [1.165, 1.54) is 5.56 Å². The highest BCUT2D eigenvalue weighted by molar-refractivity contribution is 5.94. The van der Waals surface area contributed by atoms with E-state index in [1.54, 1.807) is 24.4 Å². The van der Waals surface area contributed by atoms with Gasteiger partial charge in [-0.3, -0.25) is 19.5 Å². The number of piperazine rings is 1. The molecule has 2 heterocycles. The number of carbonyl (C=O) groups is 2. The van der Waals surface area contributed by atoms with Crippen LogP contribution in [0.25, 0.3) is 0 Å². The molecule has 6 nitrogen and oxygen atoms in total. The first-order valence-corrected chi connectivity index (χ1v) is 9.33. The summed E-state index contributed by atoms with van der Waals surface area (Å²) >= 11 is 0. The van der Waals surface area contributed by atoms with Crippen LogP contribution in [0.5, 0.6) is 0 Å². The molecule has 1 N–H and O–H groups in total. The Hall–Kier alpha value is -2.73. The lowest BCUT2D eigenvalue weighted by Gasteiger charge is -2.34. The zero-order chi connectivity index (χ0) is 19.2. The molecular formula is C21H26N4O2. The van der Waals surface area contributed by atoms with Crippen molar-refractivity contribution < 1.29 is 9.59 Å². The number of hydrogen-bond donors (Lipinski definition) is 1. The third-order valence-corrected chi connectivity index (χ3v) is 5.02.